The van der Waals surface area contributed by atoms with Gasteiger partial charge in [-0.05, 0) is 32.4 Å². The van der Waals surface area contributed by atoms with E-state index in [0.717, 1.165) is 23.6 Å². The largest absolute Gasteiger partial charge is 0.491 e. The Morgan fingerprint density at radius 1 is 1.37 bits per heavy atom. The summed E-state index contributed by atoms with van der Waals surface area (Å²) in [4.78, 5) is 0. The Kier molecular flexibility index (Phi) is 4.43. The van der Waals surface area contributed by atoms with E-state index < -0.39 is 0 Å². The summed E-state index contributed by atoms with van der Waals surface area (Å²) in [5.74, 6) is 0.836. The summed E-state index contributed by atoms with van der Waals surface area (Å²) < 4.78 is 7.50. The van der Waals surface area contributed by atoms with E-state index in [-0.39, 0.29) is 11.5 Å². The van der Waals surface area contributed by atoms with Crippen LogP contribution in [0.2, 0.25) is 0 Å². The van der Waals surface area contributed by atoms with Crippen molar-refractivity contribution >= 4 is 11.6 Å². The summed E-state index contributed by atoms with van der Waals surface area (Å²) in [5.41, 5.74) is 1.67. The maximum absolute atomic E-state index is 5.98. The molecule has 0 saturated carbocycles. The topological polar surface area (TPSA) is 39.9 Å². The molecule has 0 radical (unpaired) electrons. The highest BCUT2D eigenvalue weighted by molar-refractivity contribution is 6.20. The highest BCUT2D eigenvalue weighted by Gasteiger charge is 2.09. The van der Waals surface area contributed by atoms with Gasteiger partial charge in [-0.25, -0.2) is 4.68 Å². The van der Waals surface area contributed by atoms with Gasteiger partial charge < -0.3 is 4.74 Å². The quantitative estimate of drug-likeness (QED) is 0.783. The fourth-order valence-electron chi connectivity index (χ4n) is 1.60. The van der Waals surface area contributed by atoms with E-state index in [9.17, 15) is 0 Å². The molecule has 0 aliphatic rings. The molecule has 0 amide bonds. The molecule has 0 fully saturated rings. The normalized spacial score (nSPS) is 14.1. The number of rotatable bonds is 5. The molecule has 1 aromatic heterocycles. The fraction of sp³-hybridized carbons (Fsp3) is 0.429. The van der Waals surface area contributed by atoms with Crippen molar-refractivity contribution in [3.8, 4) is 11.4 Å². The molecule has 0 aliphatic carbocycles. The molecule has 2 rings (SSSR count). The Morgan fingerprint density at radius 2 is 2.16 bits per heavy atom. The lowest BCUT2D eigenvalue weighted by Gasteiger charge is -2.13. The number of aromatic nitrogens is 3. The molecule has 4 nitrogen and oxygen atoms in total. The Bertz CT molecular complexity index is 539. The zero-order chi connectivity index (χ0) is 13.8. The zero-order valence-corrected chi connectivity index (χ0v) is 12.1. The molecule has 2 atom stereocenters. The lowest BCUT2D eigenvalue weighted by atomic mass is 10.2. The van der Waals surface area contributed by atoms with Gasteiger partial charge in [-0.2, -0.15) is 0 Å². The van der Waals surface area contributed by atoms with Crippen LogP contribution in [0, 0.1) is 0 Å². The first-order valence-electron chi connectivity index (χ1n) is 6.43. The Morgan fingerprint density at radius 3 is 2.79 bits per heavy atom. The lowest BCUT2D eigenvalue weighted by molar-refractivity contribution is 0.217. The van der Waals surface area contributed by atoms with E-state index >= 15 is 0 Å². The van der Waals surface area contributed by atoms with E-state index in [4.69, 9.17) is 16.3 Å². The van der Waals surface area contributed by atoms with E-state index in [0.29, 0.717) is 0 Å². The van der Waals surface area contributed by atoms with Crippen LogP contribution in [0.4, 0.5) is 0 Å². The van der Waals surface area contributed by atoms with Crippen molar-refractivity contribution in [2.24, 2.45) is 0 Å². The number of hydrogen-bond acceptors (Lipinski definition) is 3. The molecular formula is C14H18ClN3O. The van der Waals surface area contributed by atoms with Gasteiger partial charge in [0, 0.05) is 6.07 Å². The van der Waals surface area contributed by atoms with E-state index in [1.165, 1.54) is 0 Å². The van der Waals surface area contributed by atoms with Crippen molar-refractivity contribution in [2.75, 3.05) is 0 Å². The number of halogens is 1. The highest BCUT2D eigenvalue weighted by Crippen LogP contribution is 2.20. The summed E-state index contributed by atoms with van der Waals surface area (Å²) in [6, 6.07) is 7.79. The molecule has 1 aromatic carbocycles. The van der Waals surface area contributed by atoms with Crippen LogP contribution in [-0.4, -0.2) is 21.1 Å². The minimum atomic E-state index is -0.145. The minimum absolute atomic E-state index is 0.145. The summed E-state index contributed by atoms with van der Waals surface area (Å²) >= 11 is 5.98. The Hall–Kier alpha value is -1.55. The first kappa shape index (κ1) is 13.9. The van der Waals surface area contributed by atoms with Crippen molar-refractivity contribution in [3.05, 3.63) is 36.2 Å². The second-order valence-electron chi connectivity index (χ2n) is 4.54. The predicted molar refractivity (Wildman–Crippen MR) is 76.0 cm³/mol. The molecule has 0 bridgehead atoms. The minimum Gasteiger partial charge on any atom is -0.491 e. The second-order valence-corrected chi connectivity index (χ2v) is 5.19. The first-order chi connectivity index (χ1) is 9.10. The van der Waals surface area contributed by atoms with Gasteiger partial charge in [-0.3, -0.25) is 0 Å². The van der Waals surface area contributed by atoms with Crippen LogP contribution < -0.4 is 4.74 Å². The molecule has 5 heteroatoms. The van der Waals surface area contributed by atoms with Gasteiger partial charge in [-0.15, -0.1) is 16.7 Å². The van der Waals surface area contributed by atoms with E-state index in [1.807, 2.05) is 37.4 Å². The lowest BCUT2D eigenvalue weighted by Crippen LogP contribution is -2.09. The molecule has 0 aliphatic heterocycles. The molecule has 19 heavy (non-hydrogen) atoms. The van der Waals surface area contributed by atoms with Gasteiger partial charge >= 0.3 is 0 Å². The Labute approximate surface area is 118 Å². The maximum atomic E-state index is 5.98. The molecule has 0 saturated heterocycles. The van der Waals surface area contributed by atoms with Crippen molar-refractivity contribution in [1.29, 1.82) is 0 Å². The fourth-order valence-corrected chi connectivity index (χ4v) is 1.70. The van der Waals surface area contributed by atoms with Crippen molar-refractivity contribution < 1.29 is 4.74 Å². The van der Waals surface area contributed by atoms with Crippen LogP contribution in [-0.2, 0) is 0 Å². The summed E-state index contributed by atoms with van der Waals surface area (Å²) in [5, 5.41) is 7.97. The van der Waals surface area contributed by atoms with Crippen LogP contribution in [0.15, 0.2) is 30.5 Å². The van der Waals surface area contributed by atoms with E-state index in [1.54, 1.807) is 4.68 Å². The second kappa shape index (κ2) is 6.06. The summed E-state index contributed by atoms with van der Waals surface area (Å²) in [6.07, 6.45) is 3.01. The third-order valence-corrected chi connectivity index (χ3v) is 3.14. The highest BCUT2D eigenvalue weighted by atomic mass is 35.5. The van der Waals surface area contributed by atoms with Gasteiger partial charge in [0.05, 0.1) is 23.4 Å². The average Bonchev–Trinajstić information content (AvgIpc) is 2.88. The monoisotopic (exact) mass is 279 g/mol. The molecular weight excluding hydrogens is 262 g/mol. The summed E-state index contributed by atoms with van der Waals surface area (Å²) in [6.45, 7) is 6.02. The molecule has 102 valence electrons. The van der Waals surface area contributed by atoms with Crippen molar-refractivity contribution in [1.82, 2.24) is 15.0 Å². The van der Waals surface area contributed by atoms with E-state index in [2.05, 4.69) is 24.2 Å². The van der Waals surface area contributed by atoms with Gasteiger partial charge in [0.25, 0.3) is 0 Å². The average molecular weight is 280 g/mol. The number of ether oxygens (including phenoxy) is 1. The third kappa shape index (κ3) is 3.47. The maximum Gasteiger partial charge on any atom is 0.121 e. The van der Waals surface area contributed by atoms with Crippen LogP contribution in [0.25, 0.3) is 5.69 Å². The smallest absolute Gasteiger partial charge is 0.121 e. The number of benzene rings is 1. The van der Waals surface area contributed by atoms with Crippen LogP contribution in [0.1, 0.15) is 38.3 Å². The molecule has 0 N–H and O–H groups in total. The van der Waals surface area contributed by atoms with Gasteiger partial charge in [0.15, 0.2) is 0 Å². The van der Waals surface area contributed by atoms with Gasteiger partial charge in [-0.1, -0.05) is 18.2 Å². The zero-order valence-electron chi connectivity index (χ0n) is 11.4. The van der Waals surface area contributed by atoms with Crippen molar-refractivity contribution in [3.63, 3.8) is 0 Å². The van der Waals surface area contributed by atoms with Crippen LogP contribution in [0.3, 0.4) is 0 Å². The molecule has 2 aromatic rings. The van der Waals surface area contributed by atoms with Crippen LogP contribution >= 0.6 is 11.6 Å². The number of nitrogens with zero attached hydrogens (tertiary/aromatic N) is 3. The predicted octanol–water partition coefficient (Wildman–Crippen LogP) is 3.74. The molecule has 0 spiro atoms. The third-order valence-electron chi connectivity index (χ3n) is 2.91. The molecule has 1 heterocycles. The van der Waals surface area contributed by atoms with Crippen molar-refractivity contribution in [2.45, 2.75) is 38.7 Å². The van der Waals surface area contributed by atoms with Crippen LogP contribution in [0.5, 0.6) is 5.75 Å². The Balaban J connectivity index is 2.22. The number of alkyl halides is 1. The van der Waals surface area contributed by atoms with Gasteiger partial charge in [0.1, 0.15) is 11.4 Å². The number of hydrogen-bond donors (Lipinski definition) is 0. The SMILES string of the molecule is CCC(C)Oc1cccc(-n2cc(C(C)Cl)nn2)c1. The molecule has 2 unspecified atom stereocenters. The summed E-state index contributed by atoms with van der Waals surface area (Å²) in [7, 11) is 0. The standard InChI is InChI=1S/C14H18ClN3O/c1-4-10(2)19-13-7-5-6-12(8-13)18-9-14(11(3)15)16-17-18/h5-11H,4H2,1-3H3. The first-order valence-corrected chi connectivity index (χ1v) is 6.87. The van der Waals surface area contributed by atoms with Gasteiger partial charge in [0.2, 0.25) is 0 Å².